The summed E-state index contributed by atoms with van der Waals surface area (Å²) in [7, 11) is 0. The Morgan fingerprint density at radius 1 is 1.57 bits per heavy atom. The molecule has 0 spiro atoms. The third kappa shape index (κ3) is 3.25. The predicted molar refractivity (Wildman–Crippen MR) is 53.2 cm³/mol. The number of aliphatic hydroxyl groups excluding tert-OH is 1. The minimum atomic E-state index is -0.158. The summed E-state index contributed by atoms with van der Waals surface area (Å²) in [5.41, 5.74) is 2.13. The van der Waals surface area contributed by atoms with Gasteiger partial charge in [0.1, 0.15) is 0 Å². The Hall–Kier alpha value is -0.650. The molecule has 5 heteroatoms. The van der Waals surface area contributed by atoms with Crippen LogP contribution in [0.25, 0.3) is 0 Å². The summed E-state index contributed by atoms with van der Waals surface area (Å²) >= 11 is 0. The van der Waals surface area contributed by atoms with E-state index in [1.54, 1.807) is 0 Å². The summed E-state index contributed by atoms with van der Waals surface area (Å²) in [4.78, 5) is 13.2. The van der Waals surface area contributed by atoms with Crippen LogP contribution in [0.5, 0.6) is 0 Å². The zero-order valence-corrected chi connectivity index (χ0v) is 8.41. The minimum absolute atomic E-state index is 0.158. The molecule has 1 aliphatic rings. The van der Waals surface area contributed by atoms with Gasteiger partial charge in [0, 0.05) is 19.2 Å². The smallest absolute Gasteiger partial charge is 0.248 e. The van der Waals surface area contributed by atoms with Crippen molar-refractivity contribution in [2.75, 3.05) is 19.7 Å². The molecule has 0 aromatic carbocycles. The summed E-state index contributed by atoms with van der Waals surface area (Å²) in [5.74, 6) is 4.88. The molecule has 0 aliphatic heterocycles. The van der Waals surface area contributed by atoms with Crippen molar-refractivity contribution >= 4 is 5.91 Å². The van der Waals surface area contributed by atoms with Crippen LogP contribution in [0.3, 0.4) is 0 Å². The maximum absolute atomic E-state index is 11.1. The van der Waals surface area contributed by atoms with Crippen molar-refractivity contribution in [2.45, 2.75) is 31.7 Å². The first-order valence-corrected chi connectivity index (χ1v) is 5.12. The molecule has 82 valence electrons. The number of carbonyl (C=O) groups is 1. The lowest BCUT2D eigenvalue weighted by atomic mass is 9.91. The molecule has 0 aromatic heterocycles. The SMILES string of the molecule is NNC(=O)CN(CCCO)C1CCC1. The Labute approximate surface area is 84.2 Å². The number of hydrogen-bond donors (Lipinski definition) is 3. The highest BCUT2D eigenvalue weighted by molar-refractivity contribution is 5.77. The number of rotatable bonds is 6. The van der Waals surface area contributed by atoms with E-state index in [0.717, 1.165) is 19.4 Å². The second-order valence-corrected chi connectivity index (χ2v) is 3.70. The molecule has 4 N–H and O–H groups in total. The molecule has 1 saturated carbocycles. The van der Waals surface area contributed by atoms with Crippen molar-refractivity contribution in [3.8, 4) is 0 Å². The van der Waals surface area contributed by atoms with E-state index < -0.39 is 0 Å². The fourth-order valence-electron chi connectivity index (χ4n) is 1.65. The van der Waals surface area contributed by atoms with Gasteiger partial charge in [-0.1, -0.05) is 6.42 Å². The average molecular weight is 201 g/mol. The van der Waals surface area contributed by atoms with Gasteiger partial charge in [0.2, 0.25) is 5.91 Å². The molecule has 1 rings (SSSR count). The highest BCUT2D eigenvalue weighted by Gasteiger charge is 2.25. The van der Waals surface area contributed by atoms with Crippen molar-refractivity contribution < 1.29 is 9.90 Å². The van der Waals surface area contributed by atoms with Crippen molar-refractivity contribution in [1.29, 1.82) is 0 Å². The molecule has 0 bridgehead atoms. The van der Waals surface area contributed by atoms with Gasteiger partial charge in [-0.25, -0.2) is 5.84 Å². The maximum Gasteiger partial charge on any atom is 0.248 e. The van der Waals surface area contributed by atoms with Gasteiger partial charge in [0.25, 0.3) is 0 Å². The summed E-state index contributed by atoms with van der Waals surface area (Å²) < 4.78 is 0. The van der Waals surface area contributed by atoms with Gasteiger partial charge in [-0.15, -0.1) is 0 Å². The van der Waals surface area contributed by atoms with E-state index in [4.69, 9.17) is 10.9 Å². The first-order valence-electron chi connectivity index (χ1n) is 5.12. The van der Waals surface area contributed by atoms with Crippen molar-refractivity contribution in [3.63, 3.8) is 0 Å². The van der Waals surface area contributed by atoms with Crippen LogP contribution in [0.2, 0.25) is 0 Å². The summed E-state index contributed by atoms with van der Waals surface area (Å²) in [6.07, 6.45) is 4.27. The topological polar surface area (TPSA) is 78.6 Å². The summed E-state index contributed by atoms with van der Waals surface area (Å²) in [5, 5.41) is 8.73. The van der Waals surface area contributed by atoms with E-state index in [2.05, 4.69) is 10.3 Å². The number of nitrogens with zero attached hydrogens (tertiary/aromatic N) is 1. The molecule has 0 saturated heterocycles. The fraction of sp³-hybridized carbons (Fsp3) is 0.889. The van der Waals surface area contributed by atoms with Crippen LogP contribution in [0.4, 0.5) is 0 Å². The van der Waals surface area contributed by atoms with Crippen LogP contribution in [-0.2, 0) is 4.79 Å². The largest absolute Gasteiger partial charge is 0.396 e. The molecule has 5 nitrogen and oxygen atoms in total. The maximum atomic E-state index is 11.1. The Bertz CT molecular complexity index is 183. The van der Waals surface area contributed by atoms with E-state index in [0.29, 0.717) is 19.0 Å². The molecule has 0 atom stereocenters. The van der Waals surface area contributed by atoms with Gasteiger partial charge in [-0.05, 0) is 19.3 Å². The number of nitrogens with two attached hydrogens (primary N) is 1. The standard InChI is InChI=1S/C9H19N3O2/c10-11-9(14)7-12(5-2-6-13)8-3-1-4-8/h8,13H,1-7,10H2,(H,11,14). The van der Waals surface area contributed by atoms with Gasteiger partial charge >= 0.3 is 0 Å². The van der Waals surface area contributed by atoms with E-state index in [-0.39, 0.29) is 12.5 Å². The fourth-order valence-corrected chi connectivity index (χ4v) is 1.65. The highest BCUT2D eigenvalue weighted by Crippen LogP contribution is 2.24. The number of amides is 1. The molecule has 0 heterocycles. The number of hydrazine groups is 1. The van der Waals surface area contributed by atoms with Crippen LogP contribution in [0.1, 0.15) is 25.7 Å². The number of aliphatic hydroxyl groups is 1. The van der Waals surface area contributed by atoms with Crippen LogP contribution < -0.4 is 11.3 Å². The average Bonchev–Trinajstić information content (AvgIpc) is 2.11. The Morgan fingerprint density at radius 3 is 2.71 bits per heavy atom. The first-order chi connectivity index (χ1) is 6.77. The monoisotopic (exact) mass is 201 g/mol. The van der Waals surface area contributed by atoms with Gasteiger partial charge in [-0.2, -0.15) is 0 Å². The molecule has 0 unspecified atom stereocenters. The third-order valence-corrected chi connectivity index (χ3v) is 2.70. The quantitative estimate of drug-likeness (QED) is 0.299. The van der Waals surface area contributed by atoms with Crippen LogP contribution in [0.15, 0.2) is 0 Å². The zero-order chi connectivity index (χ0) is 10.4. The molecule has 0 aromatic rings. The molecule has 14 heavy (non-hydrogen) atoms. The third-order valence-electron chi connectivity index (χ3n) is 2.70. The van der Waals surface area contributed by atoms with Gasteiger partial charge < -0.3 is 5.11 Å². The normalized spacial score (nSPS) is 16.8. The van der Waals surface area contributed by atoms with Crippen LogP contribution in [-0.4, -0.2) is 41.7 Å². The lowest BCUT2D eigenvalue weighted by Gasteiger charge is -2.36. The summed E-state index contributed by atoms with van der Waals surface area (Å²) in [6, 6.07) is 0.513. The van der Waals surface area contributed by atoms with Crippen molar-refractivity contribution in [2.24, 2.45) is 5.84 Å². The number of carbonyl (C=O) groups excluding carboxylic acids is 1. The Kier molecular flexibility index (Phi) is 4.86. The molecule has 0 radical (unpaired) electrons. The van der Waals surface area contributed by atoms with Gasteiger partial charge in [0.05, 0.1) is 6.54 Å². The number of hydrogen-bond acceptors (Lipinski definition) is 4. The molecular formula is C9H19N3O2. The minimum Gasteiger partial charge on any atom is -0.396 e. The van der Waals surface area contributed by atoms with Gasteiger partial charge in [0.15, 0.2) is 0 Å². The van der Waals surface area contributed by atoms with Crippen molar-refractivity contribution in [1.82, 2.24) is 10.3 Å². The first kappa shape index (κ1) is 11.4. The van der Waals surface area contributed by atoms with Crippen LogP contribution in [0, 0.1) is 0 Å². The molecule has 1 aliphatic carbocycles. The van der Waals surface area contributed by atoms with Crippen LogP contribution >= 0.6 is 0 Å². The lowest BCUT2D eigenvalue weighted by Crippen LogP contribution is -2.47. The summed E-state index contributed by atoms with van der Waals surface area (Å²) in [6.45, 7) is 1.29. The van der Waals surface area contributed by atoms with Crippen molar-refractivity contribution in [3.05, 3.63) is 0 Å². The van der Waals surface area contributed by atoms with E-state index >= 15 is 0 Å². The molecule has 1 fully saturated rings. The van der Waals surface area contributed by atoms with E-state index in [9.17, 15) is 4.79 Å². The van der Waals surface area contributed by atoms with Gasteiger partial charge in [-0.3, -0.25) is 15.1 Å². The zero-order valence-electron chi connectivity index (χ0n) is 8.41. The molecule has 1 amide bonds. The van der Waals surface area contributed by atoms with E-state index in [1.807, 2.05) is 0 Å². The predicted octanol–water partition coefficient (Wildman–Crippen LogP) is -0.787. The lowest BCUT2D eigenvalue weighted by molar-refractivity contribution is -0.123. The Morgan fingerprint density at radius 2 is 2.29 bits per heavy atom. The van der Waals surface area contributed by atoms with E-state index in [1.165, 1.54) is 6.42 Å². The second-order valence-electron chi connectivity index (χ2n) is 3.70. The highest BCUT2D eigenvalue weighted by atomic mass is 16.3. The number of nitrogens with one attached hydrogen (secondary N) is 1. The molecular weight excluding hydrogens is 182 g/mol. The Balaban J connectivity index is 2.31. The second kappa shape index (κ2) is 5.95.